The minimum absolute atomic E-state index is 0.0328. The van der Waals surface area contributed by atoms with Crippen molar-refractivity contribution < 1.29 is 14.4 Å². The Balaban J connectivity index is 1.50. The summed E-state index contributed by atoms with van der Waals surface area (Å²) in [4.78, 5) is 42.5. The average molecular weight is 437 g/mol. The van der Waals surface area contributed by atoms with Crippen LogP contribution in [0.3, 0.4) is 0 Å². The fourth-order valence-corrected chi connectivity index (χ4v) is 3.78. The molecule has 2 N–H and O–H groups in total. The summed E-state index contributed by atoms with van der Waals surface area (Å²) in [6.07, 6.45) is 0.539. The molecule has 170 valence electrons. The number of hydrogen-bond donors (Lipinski definition) is 1. The van der Waals surface area contributed by atoms with Gasteiger partial charge in [0.1, 0.15) is 0 Å². The quantitative estimate of drug-likeness (QED) is 0.647. The Labute approximate surface area is 189 Å². The van der Waals surface area contributed by atoms with Crippen molar-refractivity contribution in [2.24, 2.45) is 5.73 Å². The molecule has 0 aliphatic carbocycles. The first-order valence-corrected chi connectivity index (χ1v) is 11.1. The summed E-state index contributed by atoms with van der Waals surface area (Å²) in [6, 6.07) is 17.7. The molecule has 1 saturated heterocycles. The van der Waals surface area contributed by atoms with Crippen LogP contribution in [-0.4, -0.2) is 71.7 Å². The number of carbonyl (C=O) groups excluding carboxylic acids is 3. The van der Waals surface area contributed by atoms with E-state index in [1.54, 1.807) is 4.90 Å². The second kappa shape index (κ2) is 11.4. The summed E-state index contributed by atoms with van der Waals surface area (Å²) in [5.74, 6) is -0.335. The van der Waals surface area contributed by atoms with Crippen LogP contribution in [0, 0.1) is 6.92 Å². The second-order valence-electron chi connectivity index (χ2n) is 8.34. The summed E-state index contributed by atoms with van der Waals surface area (Å²) >= 11 is 0. The predicted octanol–water partition coefficient (Wildman–Crippen LogP) is 1.59. The molecule has 7 nitrogen and oxygen atoms in total. The Morgan fingerprint density at radius 3 is 2.19 bits per heavy atom. The van der Waals surface area contributed by atoms with Gasteiger partial charge in [0.2, 0.25) is 17.7 Å². The number of rotatable bonds is 9. The van der Waals surface area contributed by atoms with Crippen LogP contribution in [0.25, 0.3) is 0 Å². The van der Waals surface area contributed by atoms with E-state index in [1.807, 2.05) is 66.4 Å². The predicted molar refractivity (Wildman–Crippen MR) is 124 cm³/mol. The third-order valence-corrected chi connectivity index (χ3v) is 5.76. The van der Waals surface area contributed by atoms with Crippen LogP contribution in [0.5, 0.6) is 0 Å². The molecule has 0 unspecified atom stereocenters. The molecule has 2 aromatic carbocycles. The number of hydrogen-bond acceptors (Lipinski definition) is 4. The summed E-state index contributed by atoms with van der Waals surface area (Å²) in [6.45, 7) is 5.57. The van der Waals surface area contributed by atoms with E-state index in [0.29, 0.717) is 45.7 Å². The molecule has 3 rings (SSSR count). The number of primary amides is 1. The van der Waals surface area contributed by atoms with E-state index >= 15 is 0 Å². The van der Waals surface area contributed by atoms with Crippen molar-refractivity contribution in [3.8, 4) is 0 Å². The highest BCUT2D eigenvalue weighted by Gasteiger charge is 2.24. The molecular formula is C25H32N4O3. The highest BCUT2D eigenvalue weighted by atomic mass is 16.2. The van der Waals surface area contributed by atoms with Crippen LogP contribution in [0.1, 0.15) is 23.1 Å². The molecule has 32 heavy (non-hydrogen) atoms. The molecular weight excluding hydrogens is 404 g/mol. The first-order valence-electron chi connectivity index (χ1n) is 11.1. The van der Waals surface area contributed by atoms with Gasteiger partial charge in [0, 0.05) is 45.7 Å². The number of piperazine rings is 1. The van der Waals surface area contributed by atoms with Crippen molar-refractivity contribution in [2.75, 3.05) is 39.3 Å². The minimum atomic E-state index is -0.420. The Kier molecular flexibility index (Phi) is 8.39. The van der Waals surface area contributed by atoms with Gasteiger partial charge in [0.15, 0.2) is 0 Å². The number of carbonyl (C=O) groups is 3. The van der Waals surface area contributed by atoms with Crippen molar-refractivity contribution in [1.82, 2.24) is 14.7 Å². The second-order valence-corrected chi connectivity index (χ2v) is 8.34. The van der Waals surface area contributed by atoms with E-state index < -0.39 is 5.91 Å². The van der Waals surface area contributed by atoms with Crippen LogP contribution >= 0.6 is 0 Å². The zero-order valence-corrected chi connectivity index (χ0v) is 18.7. The fraction of sp³-hybridized carbons (Fsp3) is 0.400. The standard InChI is InChI=1S/C25H32N4O3/c1-20-7-9-21(10-8-20)17-24(31)28-15-13-27(14-16-28)19-25(32)29(12-11-23(26)30)18-22-5-3-2-4-6-22/h2-10H,11-19H2,1H3,(H2,26,30). The lowest BCUT2D eigenvalue weighted by molar-refractivity contribution is -0.135. The number of nitrogens with zero attached hydrogens (tertiary/aromatic N) is 3. The number of nitrogens with two attached hydrogens (primary N) is 1. The number of benzene rings is 2. The normalized spacial score (nSPS) is 14.2. The topological polar surface area (TPSA) is 87.0 Å². The van der Waals surface area contributed by atoms with Crippen molar-refractivity contribution in [2.45, 2.75) is 26.3 Å². The van der Waals surface area contributed by atoms with Crippen LogP contribution < -0.4 is 5.73 Å². The Hall–Kier alpha value is -3.19. The molecule has 2 aromatic rings. The smallest absolute Gasteiger partial charge is 0.237 e. The molecule has 1 aliphatic heterocycles. The van der Waals surface area contributed by atoms with Crippen molar-refractivity contribution in [1.29, 1.82) is 0 Å². The van der Waals surface area contributed by atoms with E-state index in [-0.39, 0.29) is 24.8 Å². The summed E-state index contributed by atoms with van der Waals surface area (Å²) in [5, 5.41) is 0. The van der Waals surface area contributed by atoms with Gasteiger partial charge < -0.3 is 15.5 Å². The maximum atomic E-state index is 13.0. The molecule has 1 heterocycles. The molecule has 0 spiro atoms. The van der Waals surface area contributed by atoms with E-state index in [9.17, 15) is 14.4 Å². The molecule has 0 aromatic heterocycles. The highest BCUT2D eigenvalue weighted by Crippen LogP contribution is 2.10. The lowest BCUT2D eigenvalue weighted by atomic mass is 10.1. The van der Waals surface area contributed by atoms with E-state index in [2.05, 4.69) is 4.90 Å². The van der Waals surface area contributed by atoms with Gasteiger partial charge in [-0.3, -0.25) is 19.3 Å². The van der Waals surface area contributed by atoms with Gasteiger partial charge in [0.25, 0.3) is 0 Å². The first-order chi connectivity index (χ1) is 15.4. The SMILES string of the molecule is Cc1ccc(CC(=O)N2CCN(CC(=O)N(CCC(N)=O)Cc3ccccc3)CC2)cc1. The van der Waals surface area contributed by atoms with E-state index in [0.717, 1.165) is 11.1 Å². The van der Waals surface area contributed by atoms with Gasteiger partial charge >= 0.3 is 0 Å². The lowest BCUT2D eigenvalue weighted by Crippen LogP contribution is -2.52. The first kappa shape index (κ1) is 23.5. The van der Waals surface area contributed by atoms with Gasteiger partial charge in [-0.1, -0.05) is 60.2 Å². The van der Waals surface area contributed by atoms with E-state index in [1.165, 1.54) is 5.56 Å². The Morgan fingerprint density at radius 2 is 1.56 bits per heavy atom. The van der Waals surface area contributed by atoms with Gasteiger partial charge in [-0.2, -0.15) is 0 Å². The third kappa shape index (κ3) is 7.20. The maximum absolute atomic E-state index is 13.0. The fourth-order valence-electron chi connectivity index (χ4n) is 3.78. The van der Waals surface area contributed by atoms with Crippen LogP contribution in [0.2, 0.25) is 0 Å². The van der Waals surface area contributed by atoms with Gasteiger partial charge in [0.05, 0.1) is 13.0 Å². The van der Waals surface area contributed by atoms with Crippen molar-refractivity contribution in [3.63, 3.8) is 0 Å². The molecule has 0 bridgehead atoms. The largest absolute Gasteiger partial charge is 0.370 e. The minimum Gasteiger partial charge on any atom is -0.370 e. The summed E-state index contributed by atoms with van der Waals surface area (Å²) < 4.78 is 0. The molecule has 3 amide bonds. The van der Waals surface area contributed by atoms with Crippen LogP contribution in [-0.2, 0) is 27.3 Å². The van der Waals surface area contributed by atoms with Crippen LogP contribution in [0.4, 0.5) is 0 Å². The number of amides is 3. The average Bonchev–Trinajstić information content (AvgIpc) is 2.79. The monoisotopic (exact) mass is 436 g/mol. The number of aryl methyl sites for hydroxylation is 1. The lowest BCUT2D eigenvalue weighted by Gasteiger charge is -2.35. The van der Waals surface area contributed by atoms with Crippen LogP contribution in [0.15, 0.2) is 54.6 Å². The third-order valence-electron chi connectivity index (χ3n) is 5.76. The summed E-state index contributed by atoms with van der Waals surface area (Å²) in [7, 11) is 0. The van der Waals surface area contributed by atoms with Gasteiger partial charge in [-0.05, 0) is 18.1 Å². The molecule has 7 heteroatoms. The van der Waals surface area contributed by atoms with Gasteiger partial charge in [-0.15, -0.1) is 0 Å². The molecule has 1 fully saturated rings. The van der Waals surface area contributed by atoms with E-state index in [4.69, 9.17) is 5.73 Å². The highest BCUT2D eigenvalue weighted by molar-refractivity contribution is 5.80. The molecule has 0 atom stereocenters. The van der Waals surface area contributed by atoms with Gasteiger partial charge in [-0.25, -0.2) is 0 Å². The molecule has 0 radical (unpaired) electrons. The Morgan fingerprint density at radius 1 is 0.906 bits per heavy atom. The Bertz CT molecular complexity index is 907. The van der Waals surface area contributed by atoms with Crippen molar-refractivity contribution in [3.05, 3.63) is 71.3 Å². The molecule has 0 saturated carbocycles. The zero-order valence-electron chi connectivity index (χ0n) is 18.7. The maximum Gasteiger partial charge on any atom is 0.237 e. The zero-order chi connectivity index (χ0) is 22.9. The van der Waals surface area contributed by atoms with Crippen molar-refractivity contribution >= 4 is 17.7 Å². The summed E-state index contributed by atoms with van der Waals surface area (Å²) in [5.41, 5.74) is 8.51. The molecule has 1 aliphatic rings.